The lowest BCUT2D eigenvalue weighted by Crippen LogP contribution is -2.57. The molecule has 20 atom stereocenters. The third kappa shape index (κ3) is 9.13. The molecule has 78 heavy (non-hydrogen) atoms. The molecule has 12 rings (SSSR count). The molecular formula is C55H71NO22. The predicted octanol–water partition coefficient (Wildman–Crippen LogP) is 3.93. The number of aromatic hydroxyl groups is 2. The summed E-state index contributed by atoms with van der Waals surface area (Å²) >= 11 is 0. The van der Waals surface area contributed by atoms with Crippen LogP contribution in [0.2, 0.25) is 0 Å². The zero-order valence-corrected chi connectivity index (χ0v) is 44.9. The van der Waals surface area contributed by atoms with Crippen molar-refractivity contribution in [2.24, 2.45) is 0 Å². The van der Waals surface area contributed by atoms with Gasteiger partial charge in [0.25, 0.3) is 5.91 Å². The van der Waals surface area contributed by atoms with Gasteiger partial charge in [0.05, 0.1) is 84.9 Å². The van der Waals surface area contributed by atoms with Crippen LogP contribution in [0.25, 0.3) is 22.1 Å². The Hall–Kier alpha value is -4.12. The second-order valence-corrected chi connectivity index (χ2v) is 22.4. The lowest BCUT2D eigenvalue weighted by atomic mass is 9.77. The van der Waals surface area contributed by atoms with Gasteiger partial charge in [0.2, 0.25) is 5.43 Å². The smallest absolute Gasteiger partial charge is 0.260 e. The Kier molecular flexibility index (Phi) is 14.7. The predicted molar refractivity (Wildman–Crippen MR) is 266 cm³/mol. The van der Waals surface area contributed by atoms with Gasteiger partial charge in [0.15, 0.2) is 43.3 Å². The van der Waals surface area contributed by atoms with Gasteiger partial charge in [-0.25, -0.2) is 0 Å². The van der Waals surface area contributed by atoms with Crippen molar-refractivity contribution in [3.05, 3.63) is 49.9 Å². The van der Waals surface area contributed by atoms with Gasteiger partial charge in [-0.1, -0.05) is 6.07 Å². The highest BCUT2D eigenvalue weighted by Gasteiger charge is 2.51. The highest BCUT2D eigenvalue weighted by atomic mass is 16.8. The Bertz CT molecular complexity index is 2850. The van der Waals surface area contributed by atoms with E-state index in [1.54, 1.807) is 33.2 Å². The molecular weight excluding hydrogens is 1030 g/mol. The number of nitrogens with zero attached hydrogens (tertiary/aromatic N) is 1. The Balaban J connectivity index is 0.700. The van der Waals surface area contributed by atoms with Crippen LogP contribution >= 0.6 is 0 Å². The number of hydrogen-bond donors (Lipinski definition) is 5. The van der Waals surface area contributed by atoms with Gasteiger partial charge < -0.3 is 101 Å². The molecule has 0 radical (unpaired) electrons. The minimum absolute atomic E-state index is 0.0572. The number of fused-ring (bicyclic) bond motifs is 7. The molecule has 0 bridgehead atoms. The Morgan fingerprint density at radius 3 is 1.96 bits per heavy atom. The molecule has 0 spiro atoms. The summed E-state index contributed by atoms with van der Waals surface area (Å²) in [6.45, 7) is 9.71. The molecule has 2 aromatic carbocycles. The van der Waals surface area contributed by atoms with E-state index in [0.29, 0.717) is 68.4 Å². The third-order valence-electron chi connectivity index (χ3n) is 17.6. The first-order valence-electron chi connectivity index (χ1n) is 27.2. The largest absolute Gasteiger partial charge is 0.506 e. The van der Waals surface area contributed by atoms with Gasteiger partial charge in [0.1, 0.15) is 52.8 Å². The van der Waals surface area contributed by atoms with Gasteiger partial charge in [-0.05, 0) is 52.2 Å². The van der Waals surface area contributed by atoms with Crippen LogP contribution in [-0.2, 0) is 74.4 Å². The Labute approximate surface area is 449 Å². The molecule has 9 aliphatic rings. The number of carbonyl (C=O) groups excluding carboxylic acids is 1. The van der Waals surface area contributed by atoms with E-state index in [4.69, 9.17) is 70.7 Å². The first-order valence-corrected chi connectivity index (χ1v) is 27.2. The number of ether oxygens (including phenoxy) is 14. The summed E-state index contributed by atoms with van der Waals surface area (Å²) in [7, 11) is 4.78. The number of aliphatic hydroxyl groups is 3. The summed E-state index contributed by atoms with van der Waals surface area (Å²) in [4.78, 5) is 30.2. The van der Waals surface area contributed by atoms with Crippen LogP contribution in [0.3, 0.4) is 0 Å². The lowest BCUT2D eigenvalue weighted by molar-refractivity contribution is -0.342. The zero-order valence-electron chi connectivity index (χ0n) is 44.9. The number of rotatable bonds is 11. The fourth-order valence-electron chi connectivity index (χ4n) is 13.6. The van der Waals surface area contributed by atoms with E-state index >= 15 is 0 Å². The van der Waals surface area contributed by atoms with Crippen molar-refractivity contribution >= 4 is 16.9 Å². The summed E-state index contributed by atoms with van der Waals surface area (Å²) in [6.07, 6.45) is -10.7. The molecule has 428 valence electrons. The highest BCUT2D eigenvalue weighted by Crippen LogP contribution is 2.58. The van der Waals surface area contributed by atoms with Crippen LogP contribution in [0, 0.1) is 0 Å². The molecule has 2 aliphatic carbocycles. The van der Waals surface area contributed by atoms with Gasteiger partial charge >= 0.3 is 0 Å². The van der Waals surface area contributed by atoms with Crippen molar-refractivity contribution in [2.75, 3.05) is 41.3 Å². The van der Waals surface area contributed by atoms with Crippen LogP contribution in [0.1, 0.15) is 130 Å². The number of phenols is 2. The molecule has 0 saturated carbocycles. The maximum Gasteiger partial charge on any atom is 0.260 e. The molecule has 1 amide bonds. The number of aliphatic hydroxyl groups excluding tert-OH is 3. The SMILES string of the molecule is COC1CC(OC2C(C)OC(OC3C(C)OC(OC4CCC(O[C@@H]5C[C@H](O)c6c(oc7c8c9c(c(O)c7c6=O)-c6c(cc7c(c6O)C(=O)N6CCO[C@]6(C)C7)C[C@H]9OCO8)[C@H]5O)OC4C)CC3OC)CC2OC)OC(C)C1O. The molecule has 5 fully saturated rings. The summed E-state index contributed by atoms with van der Waals surface area (Å²) in [5.41, 5.74) is -0.291. The second kappa shape index (κ2) is 21.0. The number of hydrogen-bond acceptors (Lipinski definition) is 22. The molecule has 5 N–H and O–H groups in total. The van der Waals surface area contributed by atoms with Gasteiger partial charge in [-0.3, -0.25) is 9.59 Å². The topological polar surface area (TPSA) is 281 Å². The highest BCUT2D eigenvalue weighted by molar-refractivity contribution is 6.06. The number of carbonyl (C=O) groups is 1. The molecule has 1 aromatic heterocycles. The summed E-state index contributed by atoms with van der Waals surface area (Å²) in [5.74, 6) is -1.49. The Morgan fingerprint density at radius 2 is 1.29 bits per heavy atom. The monoisotopic (exact) mass is 1100 g/mol. The molecule has 8 heterocycles. The fourth-order valence-corrected chi connectivity index (χ4v) is 13.6. The maximum absolute atomic E-state index is 14.6. The average Bonchev–Trinajstić information content (AvgIpc) is 3.71. The minimum Gasteiger partial charge on any atom is -0.506 e. The maximum atomic E-state index is 14.6. The zero-order chi connectivity index (χ0) is 54.8. The van der Waals surface area contributed by atoms with Crippen molar-refractivity contribution in [3.63, 3.8) is 0 Å². The van der Waals surface area contributed by atoms with Gasteiger partial charge in [0, 0.05) is 89.5 Å². The van der Waals surface area contributed by atoms with E-state index in [-0.39, 0.29) is 70.1 Å². The Morgan fingerprint density at radius 1 is 0.667 bits per heavy atom. The summed E-state index contributed by atoms with van der Waals surface area (Å²) < 4.78 is 92.6. The van der Waals surface area contributed by atoms with E-state index in [1.807, 2.05) is 33.8 Å². The first kappa shape index (κ1) is 54.5. The molecule has 23 nitrogen and oxygen atoms in total. The van der Waals surface area contributed by atoms with Crippen LogP contribution in [-0.4, -0.2) is 182 Å². The molecule has 15 unspecified atom stereocenters. The average molecular weight is 1100 g/mol. The molecule has 7 aliphatic heterocycles. The third-order valence-corrected chi connectivity index (χ3v) is 17.6. The summed E-state index contributed by atoms with van der Waals surface area (Å²) in [6, 6.07) is 1.83. The number of methoxy groups -OCH3 is 3. The second-order valence-electron chi connectivity index (χ2n) is 22.4. The number of benzene rings is 2. The van der Waals surface area contributed by atoms with E-state index < -0.39 is 140 Å². The molecule has 3 aromatic rings. The van der Waals surface area contributed by atoms with Crippen LogP contribution in [0.5, 0.6) is 17.2 Å². The minimum atomic E-state index is -1.55. The fraction of sp³-hybridized carbons (Fsp3) is 0.709. The van der Waals surface area contributed by atoms with E-state index in [1.165, 1.54) is 0 Å². The van der Waals surface area contributed by atoms with Crippen LogP contribution < -0.4 is 10.2 Å². The van der Waals surface area contributed by atoms with E-state index in [0.717, 1.165) is 0 Å². The normalized spacial score (nSPS) is 40.2. The van der Waals surface area contributed by atoms with Crippen molar-refractivity contribution in [1.29, 1.82) is 0 Å². The first-order chi connectivity index (χ1) is 37.4. The quantitative estimate of drug-likeness (QED) is 0.182. The van der Waals surface area contributed by atoms with Crippen molar-refractivity contribution in [1.82, 2.24) is 4.90 Å². The van der Waals surface area contributed by atoms with Gasteiger partial charge in [-0.2, -0.15) is 0 Å². The van der Waals surface area contributed by atoms with Crippen LogP contribution in [0.15, 0.2) is 15.3 Å². The van der Waals surface area contributed by atoms with E-state index in [9.17, 15) is 35.1 Å². The molecule has 23 heteroatoms. The van der Waals surface area contributed by atoms with E-state index in [2.05, 4.69) is 0 Å². The number of amides is 1. The van der Waals surface area contributed by atoms with Crippen LogP contribution in [0.4, 0.5) is 0 Å². The lowest BCUT2D eigenvalue weighted by Gasteiger charge is -2.46. The molecule has 5 saturated heterocycles. The standard InChI is InChI=1S/C55H71NO22/c1-21-28(74-35-17-32(65-7)49(23(3)72-35)77-37-18-33(66-8)50(24(4)73-37)76-36-16-30(64-6)44(58)22(2)71-36)9-10-34(70-21)75-31-15-27(57)40-47(61)43-48(62)42-38-25(13-26-19-55(5)56(11-12-69-55)54(63)39(26)46(38)60)14-29-41(42)52(68-20-67-29)53(43)78-51(40)45(31)59/h13,21-24,27-37,44-45,49-50,57-60,62H,9-12,14-20H2,1-8H3/t21?,22?,23?,24?,27-,28?,29+,30?,31+,32?,33?,34?,35?,36?,37?,44?,45-,49?,50?,55+/m0/s1. The van der Waals surface area contributed by atoms with Gasteiger partial charge in [-0.15, -0.1) is 0 Å². The van der Waals surface area contributed by atoms with Crippen molar-refractivity contribution in [3.8, 4) is 28.4 Å². The van der Waals surface area contributed by atoms with Crippen molar-refractivity contribution in [2.45, 2.75) is 208 Å². The number of phenolic OH excluding ortho intramolecular Hbond substituents is 2. The summed E-state index contributed by atoms with van der Waals surface area (Å²) in [5, 5.41) is 57.9. The van der Waals surface area contributed by atoms with Crippen molar-refractivity contribution < 1.29 is 101 Å².